The summed E-state index contributed by atoms with van der Waals surface area (Å²) >= 11 is 0. The van der Waals surface area contributed by atoms with Crippen LogP contribution >= 0.6 is 0 Å². The van der Waals surface area contributed by atoms with Crippen molar-refractivity contribution in [3.63, 3.8) is 0 Å². The number of piperazine rings is 1. The standard InChI is InChI=1S/C36H34F2N4/c1-23-33(29-7-3-5-9-31(29)39-23)35(25-11-15-27(37)16-12-25)41-19-21-42(22-20-41)36(26-13-17-28(38)18-14-26)34-24(2)40-32-10-6-4-8-30(32)34/h3-18,35-36,39-40H,19-22H2,1-2H3/t35-,36-/m1/s1. The Labute approximate surface area is 244 Å². The predicted octanol–water partition coefficient (Wildman–Crippen LogP) is 8.04. The highest BCUT2D eigenvalue weighted by molar-refractivity contribution is 5.86. The largest absolute Gasteiger partial charge is 0.358 e. The minimum Gasteiger partial charge on any atom is -0.358 e. The number of para-hydroxylation sites is 2. The number of fused-ring (bicyclic) bond motifs is 2. The van der Waals surface area contributed by atoms with Crippen LogP contribution in [0.25, 0.3) is 21.8 Å². The number of benzene rings is 4. The highest BCUT2D eigenvalue weighted by Gasteiger charge is 2.34. The Morgan fingerprint density at radius 2 is 0.881 bits per heavy atom. The molecule has 2 atom stereocenters. The van der Waals surface area contributed by atoms with E-state index in [1.165, 1.54) is 21.9 Å². The first-order valence-electron chi connectivity index (χ1n) is 14.6. The van der Waals surface area contributed by atoms with Gasteiger partial charge in [-0.1, -0.05) is 60.7 Å². The molecule has 0 amide bonds. The summed E-state index contributed by atoms with van der Waals surface area (Å²) in [6, 6.07) is 30.7. The van der Waals surface area contributed by atoms with Gasteiger partial charge in [-0.05, 0) is 61.4 Å². The van der Waals surface area contributed by atoms with Crippen molar-refractivity contribution in [3.8, 4) is 0 Å². The SMILES string of the molecule is Cc1[nH]c2ccccc2c1[C@@H](c1ccc(F)cc1)N1CCN([C@H](c2ccc(F)cc2)c2c(C)[nH]c3ccccc23)CC1. The minimum atomic E-state index is -0.228. The van der Waals surface area contributed by atoms with Gasteiger partial charge in [-0.25, -0.2) is 8.78 Å². The normalized spacial score (nSPS) is 16.3. The fraction of sp³-hybridized carbons (Fsp3) is 0.222. The Kier molecular flexibility index (Phi) is 6.88. The van der Waals surface area contributed by atoms with Gasteiger partial charge < -0.3 is 9.97 Å². The van der Waals surface area contributed by atoms with E-state index in [-0.39, 0.29) is 23.7 Å². The fourth-order valence-electron chi connectivity index (χ4n) is 6.97. The number of hydrogen-bond acceptors (Lipinski definition) is 2. The lowest BCUT2D eigenvalue weighted by Gasteiger charge is -2.43. The summed E-state index contributed by atoms with van der Waals surface area (Å²) in [5, 5.41) is 2.40. The van der Waals surface area contributed by atoms with E-state index in [1.807, 2.05) is 24.3 Å². The summed E-state index contributed by atoms with van der Waals surface area (Å²) < 4.78 is 28.0. The molecular formula is C36H34F2N4. The van der Waals surface area contributed by atoms with E-state index < -0.39 is 0 Å². The average Bonchev–Trinajstić information content (AvgIpc) is 3.51. The minimum absolute atomic E-state index is 0.0111. The van der Waals surface area contributed by atoms with Crippen LogP contribution in [-0.4, -0.2) is 45.9 Å². The molecule has 2 aromatic heterocycles. The van der Waals surface area contributed by atoms with Crippen molar-refractivity contribution < 1.29 is 8.78 Å². The lowest BCUT2D eigenvalue weighted by molar-refractivity contribution is 0.0902. The molecule has 1 aliphatic heterocycles. The maximum Gasteiger partial charge on any atom is 0.123 e. The Bertz CT molecular complexity index is 1710. The van der Waals surface area contributed by atoms with E-state index in [2.05, 4.69) is 82.1 Å². The van der Waals surface area contributed by atoms with Gasteiger partial charge >= 0.3 is 0 Å². The van der Waals surface area contributed by atoms with Crippen molar-refractivity contribution in [2.24, 2.45) is 0 Å². The topological polar surface area (TPSA) is 38.1 Å². The van der Waals surface area contributed by atoms with Crippen LogP contribution in [-0.2, 0) is 0 Å². The number of aromatic nitrogens is 2. The molecule has 1 saturated heterocycles. The van der Waals surface area contributed by atoms with E-state index in [1.54, 1.807) is 24.3 Å². The number of nitrogens with one attached hydrogen (secondary N) is 2. The van der Waals surface area contributed by atoms with Crippen molar-refractivity contribution in [1.29, 1.82) is 0 Å². The maximum absolute atomic E-state index is 14.0. The number of halogens is 2. The smallest absolute Gasteiger partial charge is 0.123 e. The second-order valence-electron chi connectivity index (χ2n) is 11.4. The van der Waals surface area contributed by atoms with Gasteiger partial charge in [0, 0.05) is 70.5 Å². The molecule has 7 rings (SSSR count). The van der Waals surface area contributed by atoms with Crippen LogP contribution in [0.3, 0.4) is 0 Å². The van der Waals surface area contributed by atoms with Crippen molar-refractivity contribution >= 4 is 21.8 Å². The molecule has 4 nitrogen and oxygen atoms in total. The van der Waals surface area contributed by atoms with E-state index in [0.717, 1.165) is 59.7 Å². The molecule has 0 unspecified atom stereocenters. The first-order valence-corrected chi connectivity index (χ1v) is 14.6. The molecule has 42 heavy (non-hydrogen) atoms. The molecule has 6 heteroatoms. The zero-order chi connectivity index (χ0) is 28.8. The lowest BCUT2D eigenvalue weighted by Crippen LogP contribution is -2.49. The van der Waals surface area contributed by atoms with Crippen LogP contribution in [0.4, 0.5) is 8.78 Å². The molecular weight excluding hydrogens is 526 g/mol. The number of aryl methyl sites for hydroxylation is 2. The molecule has 4 aromatic carbocycles. The van der Waals surface area contributed by atoms with Gasteiger partial charge in [-0.15, -0.1) is 0 Å². The van der Waals surface area contributed by atoms with Crippen molar-refractivity contribution in [2.75, 3.05) is 26.2 Å². The highest BCUT2D eigenvalue weighted by atomic mass is 19.1. The van der Waals surface area contributed by atoms with Crippen LogP contribution in [0.1, 0.15) is 45.7 Å². The first kappa shape index (κ1) is 26.6. The molecule has 0 radical (unpaired) electrons. The van der Waals surface area contributed by atoms with Crippen molar-refractivity contribution in [2.45, 2.75) is 25.9 Å². The monoisotopic (exact) mass is 560 g/mol. The molecule has 0 aliphatic carbocycles. The molecule has 3 heterocycles. The average molecular weight is 561 g/mol. The highest BCUT2D eigenvalue weighted by Crippen LogP contribution is 2.40. The quantitative estimate of drug-likeness (QED) is 0.216. The molecule has 0 spiro atoms. The second kappa shape index (κ2) is 10.9. The van der Waals surface area contributed by atoms with Gasteiger partial charge in [0.15, 0.2) is 0 Å². The fourth-order valence-corrected chi connectivity index (χ4v) is 6.97. The number of rotatable bonds is 6. The zero-order valence-corrected chi connectivity index (χ0v) is 23.9. The molecule has 1 aliphatic rings. The van der Waals surface area contributed by atoms with Gasteiger partial charge in [0.2, 0.25) is 0 Å². The zero-order valence-electron chi connectivity index (χ0n) is 23.9. The Morgan fingerprint density at radius 1 is 0.524 bits per heavy atom. The summed E-state index contributed by atoms with van der Waals surface area (Å²) in [6.07, 6.45) is 0. The van der Waals surface area contributed by atoms with Crippen molar-refractivity contribution in [3.05, 3.63) is 142 Å². The summed E-state index contributed by atoms with van der Waals surface area (Å²) in [6.45, 7) is 7.60. The van der Waals surface area contributed by atoms with Crippen LogP contribution in [0.5, 0.6) is 0 Å². The van der Waals surface area contributed by atoms with E-state index in [0.29, 0.717) is 0 Å². The van der Waals surface area contributed by atoms with Gasteiger partial charge in [0.25, 0.3) is 0 Å². The Balaban J connectivity index is 1.26. The Morgan fingerprint density at radius 3 is 1.26 bits per heavy atom. The van der Waals surface area contributed by atoms with Crippen molar-refractivity contribution in [1.82, 2.24) is 19.8 Å². The van der Waals surface area contributed by atoms with Gasteiger partial charge in [-0.2, -0.15) is 0 Å². The van der Waals surface area contributed by atoms with E-state index in [9.17, 15) is 8.78 Å². The molecule has 0 bridgehead atoms. The van der Waals surface area contributed by atoms with Gasteiger partial charge in [-0.3, -0.25) is 9.80 Å². The summed E-state index contributed by atoms with van der Waals surface area (Å²) in [7, 11) is 0. The van der Waals surface area contributed by atoms with Crippen LogP contribution < -0.4 is 0 Å². The molecule has 2 N–H and O–H groups in total. The molecule has 0 saturated carbocycles. The molecule has 6 aromatic rings. The van der Waals surface area contributed by atoms with Crippen LogP contribution in [0, 0.1) is 25.5 Å². The number of hydrogen-bond donors (Lipinski definition) is 2. The predicted molar refractivity (Wildman–Crippen MR) is 166 cm³/mol. The second-order valence-corrected chi connectivity index (χ2v) is 11.4. The lowest BCUT2D eigenvalue weighted by atomic mass is 9.92. The van der Waals surface area contributed by atoms with Crippen LogP contribution in [0.2, 0.25) is 0 Å². The van der Waals surface area contributed by atoms with E-state index in [4.69, 9.17) is 0 Å². The third kappa shape index (κ3) is 4.71. The van der Waals surface area contributed by atoms with Crippen LogP contribution in [0.15, 0.2) is 97.1 Å². The number of aromatic amines is 2. The number of nitrogens with zero attached hydrogens (tertiary/aromatic N) is 2. The summed E-state index contributed by atoms with van der Waals surface area (Å²) in [4.78, 5) is 12.2. The summed E-state index contributed by atoms with van der Waals surface area (Å²) in [5.41, 5.74) is 9.14. The third-order valence-corrected chi connectivity index (χ3v) is 8.88. The molecule has 212 valence electrons. The third-order valence-electron chi connectivity index (χ3n) is 8.88. The molecule has 1 fully saturated rings. The summed E-state index contributed by atoms with van der Waals surface area (Å²) in [5.74, 6) is -0.455. The van der Waals surface area contributed by atoms with E-state index >= 15 is 0 Å². The van der Waals surface area contributed by atoms with Gasteiger partial charge in [0.05, 0.1) is 12.1 Å². The Hall–Kier alpha value is -4.26. The number of H-pyrrole nitrogens is 2. The van der Waals surface area contributed by atoms with Gasteiger partial charge in [0.1, 0.15) is 11.6 Å². The maximum atomic E-state index is 14.0. The first-order chi connectivity index (χ1) is 20.5.